The normalized spacial score (nSPS) is 20.4. The summed E-state index contributed by atoms with van der Waals surface area (Å²) in [5.41, 5.74) is -0.439. The number of amides is 1. The predicted octanol–water partition coefficient (Wildman–Crippen LogP) is 3.27. The predicted molar refractivity (Wildman–Crippen MR) is 96.3 cm³/mol. The van der Waals surface area contributed by atoms with E-state index in [0.717, 1.165) is 25.7 Å². The van der Waals surface area contributed by atoms with Crippen molar-refractivity contribution in [2.45, 2.75) is 50.2 Å². The number of rotatable bonds is 5. The van der Waals surface area contributed by atoms with Crippen molar-refractivity contribution >= 4 is 17.5 Å². The van der Waals surface area contributed by atoms with E-state index >= 15 is 0 Å². The number of nitrogens with zero attached hydrogens (tertiary/aromatic N) is 1. The monoisotopic (exact) mass is 367 g/mol. The Hall–Kier alpha value is -1.30. The number of carbonyl (C=O) groups excluding carboxylic acids is 1. The first-order chi connectivity index (χ1) is 12.0. The zero-order chi connectivity index (χ0) is 17.9. The summed E-state index contributed by atoms with van der Waals surface area (Å²) in [6.45, 7) is 1.31. The molecule has 2 aliphatic rings. The molecule has 1 saturated carbocycles. The van der Waals surface area contributed by atoms with E-state index in [4.69, 9.17) is 21.1 Å². The number of ether oxygens (including phenoxy) is 2. The summed E-state index contributed by atoms with van der Waals surface area (Å²) < 4.78 is 11.4. The molecule has 1 heterocycles. The molecule has 0 aromatic heterocycles. The van der Waals surface area contributed by atoms with Gasteiger partial charge in [0.25, 0.3) is 5.91 Å². The maximum Gasteiger partial charge on any atom is 0.257 e. The highest BCUT2D eigenvalue weighted by Gasteiger charge is 2.33. The van der Waals surface area contributed by atoms with Gasteiger partial charge in [-0.05, 0) is 43.9 Å². The fourth-order valence-electron chi connectivity index (χ4n) is 3.59. The summed E-state index contributed by atoms with van der Waals surface area (Å²) in [5.74, 6) is 0.391. The Morgan fingerprint density at radius 3 is 2.72 bits per heavy atom. The summed E-state index contributed by atoms with van der Waals surface area (Å²) in [6, 6.07) is 5.16. The third-order valence-corrected chi connectivity index (χ3v) is 5.30. The lowest BCUT2D eigenvalue weighted by Crippen LogP contribution is -2.47. The molecule has 1 saturated heterocycles. The van der Waals surface area contributed by atoms with Gasteiger partial charge in [0.2, 0.25) is 0 Å². The van der Waals surface area contributed by atoms with Crippen molar-refractivity contribution in [1.29, 1.82) is 0 Å². The topological polar surface area (TPSA) is 59.0 Å². The zero-order valence-corrected chi connectivity index (χ0v) is 15.4. The minimum absolute atomic E-state index is 0.165. The van der Waals surface area contributed by atoms with Crippen LogP contribution in [0.15, 0.2) is 18.2 Å². The van der Waals surface area contributed by atoms with Crippen LogP contribution in [0.1, 0.15) is 48.9 Å². The summed E-state index contributed by atoms with van der Waals surface area (Å²) in [4.78, 5) is 14.5. The Morgan fingerprint density at radius 2 is 2.04 bits per heavy atom. The maximum atomic E-state index is 13.0. The second kappa shape index (κ2) is 7.94. The molecule has 0 atom stereocenters. The summed E-state index contributed by atoms with van der Waals surface area (Å²) >= 11 is 6.11. The lowest BCUT2D eigenvalue weighted by Gasteiger charge is -2.35. The van der Waals surface area contributed by atoms with Crippen LogP contribution in [0.25, 0.3) is 0 Å². The van der Waals surface area contributed by atoms with Gasteiger partial charge in [-0.15, -0.1) is 0 Å². The molecule has 0 spiro atoms. The zero-order valence-electron chi connectivity index (χ0n) is 14.7. The van der Waals surface area contributed by atoms with Crippen LogP contribution in [0, 0.1) is 0 Å². The standard InChI is InChI=1S/C19H26ClNO4/c1-21(13-19(23)8-10-24-11-9-19)18(22)16-12-14(20)6-7-17(16)25-15-4-2-3-5-15/h6-7,12,15,23H,2-5,8-11,13H2,1H3. The van der Waals surface area contributed by atoms with Crippen LogP contribution in [-0.4, -0.2) is 54.4 Å². The van der Waals surface area contributed by atoms with Gasteiger partial charge >= 0.3 is 0 Å². The first-order valence-electron chi connectivity index (χ1n) is 8.99. The third kappa shape index (κ3) is 4.66. The highest BCUT2D eigenvalue weighted by atomic mass is 35.5. The molecule has 1 N–H and O–H groups in total. The second-order valence-corrected chi connectivity index (χ2v) is 7.60. The van der Waals surface area contributed by atoms with Gasteiger partial charge in [-0.2, -0.15) is 0 Å². The molecule has 138 valence electrons. The lowest BCUT2D eigenvalue weighted by atomic mass is 9.93. The first-order valence-corrected chi connectivity index (χ1v) is 9.36. The summed E-state index contributed by atoms with van der Waals surface area (Å²) in [7, 11) is 1.70. The van der Waals surface area contributed by atoms with E-state index in [2.05, 4.69) is 0 Å². The largest absolute Gasteiger partial charge is 0.490 e. The molecular formula is C19H26ClNO4. The molecule has 1 amide bonds. The SMILES string of the molecule is CN(CC1(O)CCOCC1)C(=O)c1cc(Cl)ccc1OC1CCCC1. The van der Waals surface area contributed by atoms with Gasteiger partial charge in [0.05, 0.1) is 17.3 Å². The van der Waals surface area contributed by atoms with Crippen molar-refractivity contribution in [2.75, 3.05) is 26.8 Å². The van der Waals surface area contributed by atoms with E-state index in [0.29, 0.717) is 42.4 Å². The number of hydrogen-bond acceptors (Lipinski definition) is 4. The average Bonchev–Trinajstić information content (AvgIpc) is 3.09. The van der Waals surface area contributed by atoms with Gasteiger partial charge in [0, 0.05) is 44.7 Å². The highest BCUT2D eigenvalue weighted by molar-refractivity contribution is 6.31. The first kappa shape index (κ1) is 18.5. The number of halogens is 1. The van der Waals surface area contributed by atoms with Crippen molar-refractivity contribution in [2.24, 2.45) is 0 Å². The minimum Gasteiger partial charge on any atom is -0.490 e. The Bertz CT molecular complexity index is 609. The summed E-state index contributed by atoms with van der Waals surface area (Å²) in [6.07, 6.45) is 5.60. The van der Waals surface area contributed by atoms with Gasteiger partial charge in [-0.1, -0.05) is 11.6 Å². The molecule has 1 aliphatic carbocycles. The Morgan fingerprint density at radius 1 is 1.36 bits per heavy atom. The van der Waals surface area contributed by atoms with E-state index in [1.54, 1.807) is 30.1 Å². The fourth-order valence-corrected chi connectivity index (χ4v) is 3.76. The fraction of sp³-hybridized carbons (Fsp3) is 0.632. The van der Waals surface area contributed by atoms with Crippen molar-refractivity contribution in [3.63, 3.8) is 0 Å². The van der Waals surface area contributed by atoms with E-state index in [1.807, 2.05) is 0 Å². The number of hydrogen-bond donors (Lipinski definition) is 1. The van der Waals surface area contributed by atoms with E-state index in [1.165, 1.54) is 0 Å². The second-order valence-electron chi connectivity index (χ2n) is 7.16. The molecule has 1 aromatic rings. The van der Waals surface area contributed by atoms with Crippen LogP contribution in [0.4, 0.5) is 0 Å². The summed E-state index contributed by atoms with van der Waals surface area (Å²) in [5, 5.41) is 11.2. The van der Waals surface area contributed by atoms with E-state index in [-0.39, 0.29) is 18.6 Å². The molecule has 3 rings (SSSR count). The van der Waals surface area contributed by atoms with Crippen molar-refractivity contribution in [3.8, 4) is 5.75 Å². The van der Waals surface area contributed by atoms with E-state index in [9.17, 15) is 9.90 Å². The molecule has 5 nitrogen and oxygen atoms in total. The average molecular weight is 368 g/mol. The lowest BCUT2D eigenvalue weighted by molar-refractivity contribution is -0.0734. The van der Waals surface area contributed by atoms with Gasteiger partial charge in [-0.3, -0.25) is 4.79 Å². The Labute approximate surface area is 153 Å². The number of likely N-dealkylation sites (N-methyl/N-ethyl adjacent to an activating group) is 1. The Balaban J connectivity index is 1.74. The Kier molecular flexibility index (Phi) is 5.87. The quantitative estimate of drug-likeness (QED) is 0.867. The van der Waals surface area contributed by atoms with Crippen LogP contribution >= 0.6 is 11.6 Å². The molecule has 25 heavy (non-hydrogen) atoms. The van der Waals surface area contributed by atoms with Crippen molar-refractivity contribution < 1.29 is 19.4 Å². The van der Waals surface area contributed by atoms with Crippen LogP contribution in [0.3, 0.4) is 0 Å². The molecule has 0 unspecified atom stereocenters. The number of carbonyl (C=O) groups is 1. The molecule has 1 aliphatic heterocycles. The molecule has 0 radical (unpaired) electrons. The van der Waals surface area contributed by atoms with E-state index < -0.39 is 5.60 Å². The molecule has 0 bridgehead atoms. The minimum atomic E-state index is -0.895. The molecule has 1 aromatic carbocycles. The third-order valence-electron chi connectivity index (χ3n) is 5.07. The maximum absolute atomic E-state index is 13.0. The van der Waals surface area contributed by atoms with Crippen LogP contribution < -0.4 is 4.74 Å². The number of benzene rings is 1. The number of aliphatic hydroxyl groups is 1. The van der Waals surface area contributed by atoms with Gasteiger partial charge in [0.1, 0.15) is 5.75 Å². The van der Waals surface area contributed by atoms with Crippen molar-refractivity contribution in [1.82, 2.24) is 4.90 Å². The molecular weight excluding hydrogens is 342 g/mol. The van der Waals surface area contributed by atoms with Gasteiger partial charge in [-0.25, -0.2) is 0 Å². The van der Waals surface area contributed by atoms with Gasteiger partial charge < -0.3 is 19.5 Å². The van der Waals surface area contributed by atoms with Crippen LogP contribution in [0.2, 0.25) is 5.02 Å². The molecule has 6 heteroatoms. The van der Waals surface area contributed by atoms with Crippen molar-refractivity contribution in [3.05, 3.63) is 28.8 Å². The molecule has 2 fully saturated rings. The highest BCUT2D eigenvalue weighted by Crippen LogP contribution is 2.30. The van der Waals surface area contributed by atoms with Crippen LogP contribution in [-0.2, 0) is 4.74 Å². The van der Waals surface area contributed by atoms with Gasteiger partial charge in [0.15, 0.2) is 0 Å². The smallest absolute Gasteiger partial charge is 0.257 e. The van der Waals surface area contributed by atoms with Crippen LogP contribution in [0.5, 0.6) is 5.75 Å².